The number of sulfonamides is 1. The van der Waals surface area contributed by atoms with Crippen molar-refractivity contribution in [2.75, 3.05) is 32.2 Å². The fourth-order valence-corrected chi connectivity index (χ4v) is 4.74. The van der Waals surface area contributed by atoms with Crippen LogP contribution in [0.15, 0.2) is 70.7 Å². The van der Waals surface area contributed by atoms with Crippen LogP contribution in [0, 0.1) is 12.7 Å². The third-order valence-corrected chi connectivity index (χ3v) is 6.88. The van der Waals surface area contributed by atoms with Gasteiger partial charge in [-0.3, -0.25) is 9.10 Å². The van der Waals surface area contributed by atoms with Crippen LogP contribution in [0.1, 0.15) is 11.1 Å². The van der Waals surface area contributed by atoms with E-state index in [1.54, 1.807) is 24.3 Å². The van der Waals surface area contributed by atoms with E-state index in [-0.39, 0.29) is 10.6 Å². The van der Waals surface area contributed by atoms with Gasteiger partial charge in [0.2, 0.25) is 5.75 Å². The van der Waals surface area contributed by atoms with Crippen molar-refractivity contribution in [1.82, 2.24) is 5.43 Å². The lowest BCUT2D eigenvalue weighted by molar-refractivity contribution is -0.119. The fourth-order valence-electron chi connectivity index (χ4n) is 3.31. The van der Waals surface area contributed by atoms with Gasteiger partial charge in [-0.05, 0) is 43.3 Å². The maximum atomic E-state index is 14.6. The van der Waals surface area contributed by atoms with E-state index in [9.17, 15) is 17.6 Å². The molecule has 0 radical (unpaired) electrons. The number of nitrogens with zero attached hydrogens (tertiary/aromatic N) is 2. The Balaban J connectivity index is 1.85. The molecule has 9 nitrogen and oxygen atoms in total. The molecule has 0 heterocycles. The summed E-state index contributed by atoms with van der Waals surface area (Å²) >= 11 is 0. The van der Waals surface area contributed by atoms with E-state index in [0.717, 1.165) is 11.6 Å². The molecule has 3 rings (SSSR count). The lowest BCUT2D eigenvalue weighted by Crippen LogP contribution is -2.40. The summed E-state index contributed by atoms with van der Waals surface area (Å²) in [5.74, 6) is -0.401. The van der Waals surface area contributed by atoms with Gasteiger partial charge >= 0.3 is 0 Å². The number of anilines is 1. The van der Waals surface area contributed by atoms with Gasteiger partial charge in [0.05, 0.1) is 38.1 Å². The van der Waals surface area contributed by atoms with Gasteiger partial charge in [0.15, 0.2) is 11.5 Å². The predicted molar refractivity (Wildman–Crippen MR) is 134 cm³/mol. The van der Waals surface area contributed by atoms with Crippen LogP contribution < -0.4 is 23.9 Å². The summed E-state index contributed by atoms with van der Waals surface area (Å²) in [7, 11) is 0.143. The highest BCUT2D eigenvalue weighted by Crippen LogP contribution is 2.37. The molecule has 0 fully saturated rings. The number of para-hydroxylation sites is 1. The van der Waals surface area contributed by atoms with Crippen LogP contribution in [0.2, 0.25) is 0 Å². The van der Waals surface area contributed by atoms with Gasteiger partial charge in [-0.25, -0.2) is 18.2 Å². The lowest BCUT2D eigenvalue weighted by Gasteiger charge is -2.24. The number of hydrogen-bond donors (Lipinski definition) is 1. The van der Waals surface area contributed by atoms with Gasteiger partial charge in [-0.15, -0.1) is 0 Å². The first-order valence-electron chi connectivity index (χ1n) is 10.7. The zero-order chi connectivity index (χ0) is 26.3. The maximum Gasteiger partial charge on any atom is 0.264 e. The number of nitrogens with one attached hydrogen (secondary N) is 1. The molecule has 3 aromatic rings. The molecule has 3 aromatic carbocycles. The van der Waals surface area contributed by atoms with Crippen LogP contribution in [0.3, 0.4) is 0 Å². The summed E-state index contributed by atoms with van der Waals surface area (Å²) in [6, 6.07) is 14.6. The Bertz CT molecular complexity index is 1340. The summed E-state index contributed by atoms with van der Waals surface area (Å²) in [6.07, 6.45) is 1.32. The number of benzene rings is 3. The van der Waals surface area contributed by atoms with Gasteiger partial charge in [-0.1, -0.05) is 29.8 Å². The molecule has 0 aliphatic rings. The monoisotopic (exact) mass is 515 g/mol. The number of carbonyl (C=O) groups excluding carboxylic acids is 1. The number of rotatable bonds is 10. The quantitative estimate of drug-likeness (QED) is 0.327. The average molecular weight is 516 g/mol. The number of amides is 1. The van der Waals surface area contributed by atoms with Crippen LogP contribution >= 0.6 is 0 Å². The molecule has 0 bridgehead atoms. The molecule has 1 amide bonds. The molecule has 0 atom stereocenters. The number of methoxy groups -OCH3 is 3. The Labute approximate surface area is 209 Å². The normalized spacial score (nSPS) is 11.2. The molecule has 0 aromatic heterocycles. The van der Waals surface area contributed by atoms with E-state index in [2.05, 4.69) is 10.5 Å². The van der Waals surface area contributed by atoms with E-state index < -0.39 is 28.3 Å². The van der Waals surface area contributed by atoms with Crippen LogP contribution in [0.4, 0.5) is 10.1 Å². The number of ether oxygens (including phenoxy) is 3. The molecule has 0 saturated carbocycles. The summed E-state index contributed by atoms with van der Waals surface area (Å²) in [5, 5.41) is 3.89. The van der Waals surface area contributed by atoms with E-state index >= 15 is 0 Å². The molecule has 190 valence electrons. The Morgan fingerprint density at radius 1 is 1.00 bits per heavy atom. The summed E-state index contributed by atoms with van der Waals surface area (Å²) in [5.41, 5.74) is 3.38. The molecule has 0 unspecified atom stereocenters. The van der Waals surface area contributed by atoms with Gasteiger partial charge < -0.3 is 14.2 Å². The zero-order valence-corrected chi connectivity index (χ0v) is 21.0. The molecule has 11 heteroatoms. The van der Waals surface area contributed by atoms with Crippen LogP contribution in [0.5, 0.6) is 17.2 Å². The zero-order valence-electron chi connectivity index (χ0n) is 20.2. The fraction of sp³-hybridized carbons (Fsp3) is 0.200. The third kappa shape index (κ3) is 5.92. The van der Waals surface area contributed by atoms with Crippen molar-refractivity contribution in [3.05, 3.63) is 77.6 Å². The molecule has 36 heavy (non-hydrogen) atoms. The second-order valence-electron chi connectivity index (χ2n) is 7.53. The highest BCUT2D eigenvalue weighted by molar-refractivity contribution is 7.92. The minimum atomic E-state index is -4.26. The molecular formula is C25H26FN3O6S. The number of aryl methyl sites for hydroxylation is 1. The molecular weight excluding hydrogens is 489 g/mol. The molecule has 0 spiro atoms. The van der Waals surface area contributed by atoms with Gasteiger partial charge in [-0.2, -0.15) is 5.10 Å². The number of hydrazone groups is 1. The predicted octanol–water partition coefficient (Wildman–Crippen LogP) is 3.51. The van der Waals surface area contributed by atoms with E-state index in [4.69, 9.17) is 14.2 Å². The van der Waals surface area contributed by atoms with Crippen LogP contribution in [-0.2, 0) is 14.8 Å². The van der Waals surface area contributed by atoms with Crippen molar-refractivity contribution in [3.8, 4) is 17.2 Å². The Hall–Kier alpha value is -4.12. The van der Waals surface area contributed by atoms with Crippen molar-refractivity contribution in [2.45, 2.75) is 11.8 Å². The van der Waals surface area contributed by atoms with Gasteiger partial charge in [0.1, 0.15) is 12.4 Å². The van der Waals surface area contributed by atoms with Crippen molar-refractivity contribution in [1.29, 1.82) is 0 Å². The Morgan fingerprint density at radius 3 is 2.17 bits per heavy atom. The minimum Gasteiger partial charge on any atom is -0.493 e. The average Bonchev–Trinajstić information content (AvgIpc) is 2.87. The van der Waals surface area contributed by atoms with Crippen LogP contribution in [-0.4, -0.2) is 48.4 Å². The molecule has 1 N–H and O–H groups in total. The highest BCUT2D eigenvalue weighted by atomic mass is 32.2. The van der Waals surface area contributed by atoms with Gasteiger partial charge in [0.25, 0.3) is 15.9 Å². The second-order valence-corrected chi connectivity index (χ2v) is 9.39. The summed E-state index contributed by atoms with van der Waals surface area (Å²) < 4.78 is 57.8. The first kappa shape index (κ1) is 26.5. The minimum absolute atomic E-state index is 0.0786. The Morgan fingerprint density at radius 2 is 1.61 bits per heavy atom. The second kappa shape index (κ2) is 11.5. The number of halogens is 1. The lowest BCUT2D eigenvalue weighted by atomic mass is 10.2. The SMILES string of the molecule is COc1cc(/C=N\NC(=O)CN(c2ccccc2F)S(=O)(=O)c2ccc(C)cc2)cc(OC)c1OC. The van der Waals surface area contributed by atoms with E-state index in [1.165, 1.54) is 57.9 Å². The first-order chi connectivity index (χ1) is 17.2. The maximum absolute atomic E-state index is 14.6. The van der Waals surface area contributed by atoms with Crippen molar-refractivity contribution >= 4 is 27.8 Å². The number of hydrogen-bond acceptors (Lipinski definition) is 7. The van der Waals surface area contributed by atoms with Gasteiger partial charge in [0, 0.05) is 5.56 Å². The first-order valence-corrected chi connectivity index (χ1v) is 12.1. The van der Waals surface area contributed by atoms with E-state index in [0.29, 0.717) is 27.1 Å². The van der Waals surface area contributed by atoms with Crippen molar-refractivity contribution < 1.29 is 31.8 Å². The standard InChI is InChI=1S/C25H26FN3O6S/c1-17-9-11-19(12-10-17)36(31,32)29(21-8-6-5-7-20(21)26)16-24(30)28-27-15-18-13-22(33-2)25(35-4)23(14-18)34-3/h5-15H,16H2,1-4H3,(H,28,30)/b27-15-. The molecule has 0 saturated heterocycles. The Kier molecular flexibility index (Phi) is 8.49. The smallest absolute Gasteiger partial charge is 0.264 e. The van der Waals surface area contributed by atoms with E-state index in [1.807, 2.05) is 6.92 Å². The topological polar surface area (TPSA) is 107 Å². The van der Waals surface area contributed by atoms with Crippen molar-refractivity contribution in [3.63, 3.8) is 0 Å². The third-order valence-electron chi connectivity index (χ3n) is 5.11. The molecule has 0 aliphatic carbocycles. The van der Waals surface area contributed by atoms with Crippen molar-refractivity contribution in [2.24, 2.45) is 5.10 Å². The largest absolute Gasteiger partial charge is 0.493 e. The summed E-state index contributed by atoms with van der Waals surface area (Å²) in [4.78, 5) is 12.6. The van der Waals surface area contributed by atoms with Crippen LogP contribution in [0.25, 0.3) is 0 Å². The molecule has 0 aliphatic heterocycles. The highest BCUT2D eigenvalue weighted by Gasteiger charge is 2.29. The summed E-state index contributed by atoms with van der Waals surface area (Å²) in [6.45, 7) is 1.11. The number of carbonyl (C=O) groups is 1.